The number of benzene rings is 1. The maximum atomic E-state index is 6.10. The van der Waals surface area contributed by atoms with Crippen LogP contribution >= 0.6 is 11.8 Å². The highest BCUT2D eigenvalue weighted by Crippen LogP contribution is 2.39. The Bertz CT molecular complexity index is 806. The van der Waals surface area contributed by atoms with Gasteiger partial charge in [0.2, 0.25) is 0 Å². The van der Waals surface area contributed by atoms with Crippen molar-refractivity contribution in [2.24, 2.45) is 0 Å². The largest absolute Gasteiger partial charge is 0.493 e. The van der Waals surface area contributed by atoms with Crippen LogP contribution in [-0.2, 0) is 6.54 Å². The van der Waals surface area contributed by atoms with Crippen LogP contribution in [0.1, 0.15) is 23.4 Å². The fourth-order valence-corrected chi connectivity index (χ4v) is 4.98. The zero-order chi connectivity index (χ0) is 18.1. The van der Waals surface area contributed by atoms with Gasteiger partial charge in [-0.2, -0.15) is 11.8 Å². The van der Waals surface area contributed by atoms with Gasteiger partial charge in [-0.25, -0.2) is 4.98 Å². The van der Waals surface area contributed by atoms with Crippen molar-refractivity contribution in [3.63, 3.8) is 0 Å². The lowest BCUT2D eigenvalue weighted by Gasteiger charge is -2.26. The van der Waals surface area contributed by atoms with Crippen molar-refractivity contribution in [3.8, 4) is 22.8 Å². The number of thioether (sulfide) groups is 1. The molecule has 1 aromatic heterocycles. The van der Waals surface area contributed by atoms with Crippen molar-refractivity contribution < 1.29 is 9.47 Å². The molecule has 6 heteroatoms. The number of nitrogens with zero attached hydrogens (tertiary/aromatic N) is 3. The van der Waals surface area contributed by atoms with Gasteiger partial charge in [-0.15, -0.1) is 0 Å². The first-order valence-corrected chi connectivity index (χ1v) is 10.3. The molecule has 3 heterocycles. The fraction of sp³-hybridized carbons (Fsp3) is 0.500. The van der Waals surface area contributed by atoms with Gasteiger partial charge < -0.3 is 9.47 Å². The van der Waals surface area contributed by atoms with E-state index in [4.69, 9.17) is 14.5 Å². The lowest BCUT2D eigenvalue weighted by molar-refractivity contribution is 0.181. The highest BCUT2D eigenvalue weighted by molar-refractivity contribution is 7.99. The second kappa shape index (κ2) is 7.45. The summed E-state index contributed by atoms with van der Waals surface area (Å²) in [5, 5.41) is 0. The lowest BCUT2D eigenvalue weighted by Crippen LogP contribution is -2.36. The zero-order valence-corrected chi connectivity index (χ0v) is 16.4. The predicted octanol–water partition coefficient (Wildman–Crippen LogP) is 3.47. The van der Waals surface area contributed by atoms with Crippen LogP contribution in [0.5, 0.6) is 11.5 Å². The quantitative estimate of drug-likeness (QED) is 0.823. The molecule has 0 saturated carbocycles. The average molecular weight is 372 g/mol. The first-order chi connectivity index (χ1) is 12.7. The van der Waals surface area contributed by atoms with Crippen LogP contribution in [0.4, 0.5) is 0 Å². The molecule has 1 fully saturated rings. The molecule has 1 saturated heterocycles. The van der Waals surface area contributed by atoms with E-state index in [-0.39, 0.29) is 0 Å². The third-order valence-electron chi connectivity index (χ3n) is 5.12. The number of fused-ring (bicyclic) bond motifs is 1. The second-order valence-electron chi connectivity index (χ2n) is 6.95. The molecule has 0 bridgehead atoms. The molecule has 1 aromatic carbocycles. The van der Waals surface area contributed by atoms with Gasteiger partial charge in [0.05, 0.1) is 24.2 Å². The molecule has 26 heavy (non-hydrogen) atoms. The van der Waals surface area contributed by atoms with Gasteiger partial charge in [-0.3, -0.25) is 9.88 Å². The van der Waals surface area contributed by atoms with E-state index in [2.05, 4.69) is 16.0 Å². The van der Waals surface area contributed by atoms with Crippen LogP contribution in [0.3, 0.4) is 0 Å². The monoisotopic (exact) mass is 371 g/mol. The van der Waals surface area contributed by atoms with Gasteiger partial charge in [-0.05, 0) is 38.2 Å². The Hall–Kier alpha value is -1.79. The molecular weight excluding hydrogens is 346 g/mol. The summed E-state index contributed by atoms with van der Waals surface area (Å²) in [7, 11) is 1.70. The molecule has 2 aliphatic rings. The third kappa shape index (κ3) is 3.40. The maximum Gasteiger partial charge on any atom is 0.165 e. The van der Waals surface area contributed by atoms with Crippen molar-refractivity contribution in [2.75, 3.05) is 31.8 Å². The van der Waals surface area contributed by atoms with Gasteiger partial charge in [0.25, 0.3) is 0 Å². The molecule has 0 N–H and O–H groups in total. The summed E-state index contributed by atoms with van der Waals surface area (Å²) in [5.74, 6) is 4.14. The zero-order valence-electron chi connectivity index (χ0n) is 15.6. The Balaban J connectivity index is 1.76. The van der Waals surface area contributed by atoms with Gasteiger partial charge in [0, 0.05) is 42.2 Å². The van der Waals surface area contributed by atoms with E-state index in [9.17, 15) is 0 Å². The van der Waals surface area contributed by atoms with Crippen molar-refractivity contribution in [2.45, 2.75) is 32.9 Å². The molecular formula is C20H25N3O2S. The minimum atomic E-state index is 0.643. The minimum absolute atomic E-state index is 0.643. The molecule has 1 unspecified atom stereocenters. The van der Waals surface area contributed by atoms with Crippen molar-refractivity contribution in [1.29, 1.82) is 0 Å². The van der Waals surface area contributed by atoms with E-state index in [1.54, 1.807) is 7.11 Å². The first-order valence-electron chi connectivity index (χ1n) is 9.12. The molecule has 2 aliphatic heterocycles. The molecule has 2 aromatic rings. The van der Waals surface area contributed by atoms with Gasteiger partial charge >= 0.3 is 0 Å². The third-order valence-corrected chi connectivity index (χ3v) is 6.27. The molecule has 138 valence electrons. The molecule has 0 amide bonds. The number of aromatic nitrogens is 2. The topological polar surface area (TPSA) is 47.5 Å². The Morgan fingerprint density at radius 2 is 2.19 bits per heavy atom. The molecule has 5 nitrogen and oxygen atoms in total. The summed E-state index contributed by atoms with van der Waals surface area (Å²) >= 11 is 2.05. The van der Waals surface area contributed by atoms with E-state index in [0.29, 0.717) is 12.6 Å². The minimum Gasteiger partial charge on any atom is -0.493 e. The summed E-state index contributed by atoms with van der Waals surface area (Å²) in [6.45, 7) is 6.52. The highest BCUT2D eigenvalue weighted by atomic mass is 32.2. The summed E-state index contributed by atoms with van der Waals surface area (Å²) in [5.41, 5.74) is 4.98. The Labute approximate surface area is 159 Å². The van der Waals surface area contributed by atoms with Crippen molar-refractivity contribution >= 4 is 11.8 Å². The number of methoxy groups -OCH3 is 1. The number of aryl methyl sites for hydroxylation is 2. The van der Waals surface area contributed by atoms with Gasteiger partial charge in [0.1, 0.15) is 6.61 Å². The standard InChI is InChI=1S/C20H25N3O2S/c1-13-10-21-14(2)19(22-13)15-8-16-11-23(17-4-7-26-12-17)5-6-25-20(16)18(9-15)24-3/h8-10,17H,4-7,11-12H2,1-3H3. The van der Waals surface area contributed by atoms with Crippen LogP contribution in [0, 0.1) is 13.8 Å². The maximum absolute atomic E-state index is 6.10. The smallest absolute Gasteiger partial charge is 0.165 e. The first kappa shape index (κ1) is 17.6. The highest BCUT2D eigenvalue weighted by Gasteiger charge is 2.27. The van der Waals surface area contributed by atoms with E-state index >= 15 is 0 Å². The molecule has 1 atom stereocenters. The summed E-state index contributed by atoms with van der Waals surface area (Å²) in [6.07, 6.45) is 3.07. The molecule has 0 radical (unpaired) electrons. The second-order valence-corrected chi connectivity index (χ2v) is 8.10. The van der Waals surface area contributed by atoms with Crippen LogP contribution < -0.4 is 9.47 Å². The fourth-order valence-electron chi connectivity index (χ4n) is 3.73. The number of rotatable bonds is 3. The number of ether oxygens (including phenoxy) is 2. The SMILES string of the molecule is COc1cc(-c2nc(C)cnc2C)cc2c1OCCN(C1CCSC1)C2. The summed E-state index contributed by atoms with van der Waals surface area (Å²) < 4.78 is 11.8. The molecule has 4 rings (SSSR count). The Kier molecular flexibility index (Phi) is 5.05. The van der Waals surface area contributed by atoms with Crippen LogP contribution in [0.25, 0.3) is 11.3 Å². The van der Waals surface area contributed by atoms with Crippen molar-refractivity contribution in [3.05, 3.63) is 35.3 Å². The van der Waals surface area contributed by atoms with Crippen molar-refractivity contribution in [1.82, 2.24) is 14.9 Å². The predicted molar refractivity (Wildman–Crippen MR) is 105 cm³/mol. The number of hydrogen-bond donors (Lipinski definition) is 0. The number of hydrogen-bond acceptors (Lipinski definition) is 6. The van der Waals surface area contributed by atoms with E-state index in [1.807, 2.05) is 37.9 Å². The van der Waals surface area contributed by atoms with E-state index in [0.717, 1.165) is 47.2 Å². The van der Waals surface area contributed by atoms with E-state index in [1.165, 1.54) is 23.5 Å². The van der Waals surface area contributed by atoms with Gasteiger partial charge in [0.15, 0.2) is 11.5 Å². The normalized spacial score (nSPS) is 20.3. The molecule has 0 spiro atoms. The lowest BCUT2D eigenvalue weighted by atomic mass is 10.0. The van der Waals surface area contributed by atoms with E-state index < -0.39 is 0 Å². The Morgan fingerprint density at radius 1 is 1.31 bits per heavy atom. The van der Waals surface area contributed by atoms with Crippen LogP contribution in [-0.4, -0.2) is 52.7 Å². The summed E-state index contributed by atoms with van der Waals surface area (Å²) in [6, 6.07) is 4.87. The van der Waals surface area contributed by atoms with Crippen LogP contribution in [0.15, 0.2) is 18.3 Å². The van der Waals surface area contributed by atoms with Gasteiger partial charge in [-0.1, -0.05) is 0 Å². The summed E-state index contributed by atoms with van der Waals surface area (Å²) in [4.78, 5) is 11.7. The molecule has 0 aliphatic carbocycles. The van der Waals surface area contributed by atoms with Crippen LogP contribution in [0.2, 0.25) is 0 Å². The Morgan fingerprint density at radius 3 is 2.96 bits per heavy atom. The average Bonchev–Trinajstić information content (AvgIpc) is 3.09.